The molecular weight excluding hydrogens is 508 g/mol. The third-order valence-corrected chi connectivity index (χ3v) is 6.64. The van der Waals surface area contributed by atoms with Crippen molar-refractivity contribution in [1.29, 1.82) is 10.5 Å². The lowest BCUT2D eigenvalue weighted by atomic mass is 10.0. The second kappa shape index (κ2) is 13.4. The number of nitrogens with one attached hydrogen (secondary N) is 2. The normalized spacial score (nSPS) is 16.6. The zero-order valence-corrected chi connectivity index (χ0v) is 22.7. The maximum absolute atomic E-state index is 13.7. The van der Waals surface area contributed by atoms with Gasteiger partial charge in [0.1, 0.15) is 23.3 Å². The van der Waals surface area contributed by atoms with Crippen molar-refractivity contribution < 1.29 is 19.1 Å². The third kappa shape index (κ3) is 6.86. The summed E-state index contributed by atoms with van der Waals surface area (Å²) in [4.78, 5) is 30.5. The van der Waals surface area contributed by atoms with Gasteiger partial charge in [-0.15, -0.1) is 0 Å². The third-order valence-electron chi connectivity index (χ3n) is 6.64. The van der Waals surface area contributed by atoms with E-state index in [4.69, 9.17) is 9.47 Å². The number of nitrogens with zero attached hydrogens (tertiary/aromatic N) is 4. The van der Waals surface area contributed by atoms with Gasteiger partial charge in [0.25, 0.3) is 11.8 Å². The highest BCUT2D eigenvalue weighted by molar-refractivity contribution is 6.03. The van der Waals surface area contributed by atoms with Crippen molar-refractivity contribution in [3.8, 4) is 12.1 Å². The maximum atomic E-state index is 13.7. The predicted octanol–water partition coefficient (Wildman–Crippen LogP) is 3.10. The van der Waals surface area contributed by atoms with E-state index in [0.29, 0.717) is 64.0 Å². The van der Waals surface area contributed by atoms with Crippen molar-refractivity contribution in [3.63, 3.8) is 0 Å². The average molecular weight is 541 g/mol. The number of aryl methyl sites for hydroxylation is 2. The summed E-state index contributed by atoms with van der Waals surface area (Å²) in [5.74, 6) is -1.03. The molecule has 0 spiro atoms. The first-order valence-electron chi connectivity index (χ1n) is 13.1. The molecule has 2 aromatic rings. The summed E-state index contributed by atoms with van der Waals surface area (Å²) in [7, 11) is 0. The van der Waals surface area contributed by atoms with Gasteiger partial charge in [-0.25, -0.2) is 0 Å². The topological polar surface area (TPSA) is 131 Å². The lowest BCUT2D eigenvalue weighted by Crippen LogP contribution is -2.42. The SMILES string of the molecule is Cc1ccc(NC(=C(/C#N)C(=O)N2CCOCC2)/C(Nc2ccc(C)cc2)=C(\C#N)C(=O)N2CCOCC2)cc1. The van der Waals surface area contributed by atoms with E-state index < -0.39 is 11.8 Å². The fourth-order valence-corrected chi connectivity index (χ4v) is 4.33. The monoisotopic (exact) mass is 540 g/mol. The van der Waals surface area contributed by atoms with Gasteiger partial charge in [-0.3, -0.25) is 9.59 Å². The van der Waals surface area contributed by atoms with Gasteiger partial charge in [-0.1, -0.05) is 35.4 Å². The molecule has 2 N–H and O–H groups in total. The summed E-state index contributed by atoms with van der Waals surface area (Å²) < 4.78 is 10.8. The number of carbonyl (C=O) groups excluding carboxylic acids is 2. The minimum atomic E-state index is -0.514. The van der Waals surface area contributed by atoms with Gasteiger partial charge < -0.3 is 29.9 Å². The lowest BCUT2D eigenvalue weighted by Gasteiger charge is -2.29. The minimum absolute atomic E-state index is 0.0431. The number of hydrogen-bond acceptors (Lipinski definition) is 8. The summed E-state index contributed by atoms with van der Waals surface area (Å²) in [6.45, 7) is 6.61. The number of benzene rings is 2. The molecule has 2 saturated heterocycles. The Bertz CT molecular complexity index is 1260. The number of amides is 2. The Morgan fingerprint density at radius 1 is 0.650 bits per heavy atom. The first-order chi connectivity index (χ1) is 19.4. The molecule has 0 aromatic heterocycles. The summed E-state index contributed by atoms with van der Waals surface area (Å²) in [5.41, 5.74) is 2.86. The molecule has 0 aliphatic carbocycles. The maximum Gasteiger partial charge on any atom is 0.266 e. The predicted molar refractivity (Wildman–Crippen MR) is 150 cm³/mol. The molecule has 0 saturated carbocycles. The van der Waals surface area contributed by atoms with Gasteiger partial charge in [0.05, 0.1) is 37.8 Å². The molecule has 2 heterocycles. The van der Waals surface area contributed by atoms with E-state index in [1.54, 1.807) is 0 Å². The highest BCUT2D eigenvalue weighted by Gasteiger charge is 2.31. The van der Waals surface area contributed by atoms with Crippen LogP contribution in [0.2, 0.25) is 0 Å². The van der Waals surface area contributed by atoms with E-state index in [-0.39, 0.29) is 22.5 Å². The molecule has 0 atom stereocenters. The van der Waals surface area contributed by atoms with Crippen LogP contribution in [-0.2, 0) is 19.1 Å². The fourth-order valence-electron chi connectivity index (χ4n) is 4.33. The number of morpholine rings is 2. The van der Waals surface area contributed by atoms with Crippen molar-refractivity contribution in [1.82, 2.24) is 9.80 Å². The van der Waals surface area contributed by atoms with E-state index >= 15 is 0 Å². The highest BCUT2D eigenvalue weighted by atomic mass is 16.5. The first-order valence-corrected chi connectivity index (χ1v) is 13.1. The summed E-state index contributed by atoms with van der Waals surface area (Å²) >= 11 is 0. The van der Waals surface area contributed by atoms with Gasteiger partial charge >= 0.3 is 0 Å². The molecule has 2 aromatic carbocycles. The largest absolute Gasteiger partial charge is 0.378 e. The van der Waals surface area contributed by atoms with Crippen LogP contribution in [0.15, 0.2) is 71.1 Å². The standard InChI is InChI=1S/C30H32N6O4/c1-21-3-7-23(8-4-21)33-27(25(19-31)29(37)35-11-15-39-16-12-35)28(34-24-9-5-22(2)6-10-24)26(20-32)30(38)36-13-17-40-18-14-36/h3-10,33-34H,11-18H2,1-2H3/b27-25-,28-26-. The minimum Gasteiger partial charge on any atom is -0.378 e. The van der Waals surface area contributed by atoms with Crippen molar-refractivity contribution >= 4 is 23.2 Å². The Hall–Kier alpha value is -4.64. The Balaban J connectivity index is 1.92. The van der Waals surface area contributed by atoms with E-state index in [2.05, 4.69) is 22.8 Å². The number of ether oxygens (including phenoxy) is 2. The van der Waals surface area contributed by atoms with E-state index in [9.17, 15) is 20.1 Å². The molecule has 0 bridgehead atoms. The fraction of sp³-hybridized carbons (Fsp3) is 0.333. The first kappa shape index (κ1) is 28.4. The summed E-state index contributed by atoms with van der Waals surface area (Å²) in [6.07, 6.45) is 0. The van der Waals surface area contributed by atoms with Crippen LogP contribution in [0.3, 0.4) is 0 Å². The Morgan fingerprint density at radius 3 is 1.27 bits per heavy atom. The van der Waals surface area contributed by atoms with Crippen LogP contribution in [0.1, 0.15) is 11.1 Å². The number of nitriles is 2. The molecule has 40 heavy (non-hydrogen) atoms. The van der Waals surface area contributed by atoms with Gasteiger partial charge in [-0.05, 0) is 38.1 Å². The number of carbonyl (C=O) groups is 2. The Morgan fingerprint density at radius 2 is 0.975 bits per heavy atom. The summed E-state index contributed by atoms with van der Waals surface area (Å²) in [5, 5.41) is 27.1. The number of hydrogen-bond donors (Lipinski definition) is 2. The zero-order chi connectivity index (χ0) is 28.5. The molecular formula is C30H32N6O4. The quantitative estimate of drug-likeness (QED) is 0.311. The lowest BCUT2D eigenvalue weighted by molar-refractivity contribution is -0.131. The van der Waals surface area contributed by atoms with Crippen LogP contribution < -0.4 is 10.6 Å². The van der Waals surface area contributed by atoms with Crippen LogP contribution in [-0.4, -0.2) is 74.2 Å². The Kier molecular flexibility index (Phi) is 9.53. The molecule has 0 radical (unpaired) electrons. The van der Waals surface area contributed by atoms with E-state index in [1.807, 2.05) is 62.4 Å². The van der Waals surface area contributed by atoms with Crippen LogP contribution >= 0.6 is 0 Å². The average Bonchev–Trinajstić information content (AvgIpc) is 2.99. The van der Waals surface area contributed by atoms with Crippen molar-refractivity contribution in [3.05, 3.63) is 82.2 Å². The zero-order valence-electron chi connectivity index (χ0n) is 22.7. The number of anilines is 2. The molecule has 10 nitrogen and oxygen atoms in total. The molecule has 2 aliphatic heterocycles. The molecule has 2 amide bonds. The molecule has 0 unspecified atom stereocenters. The van der Waals surface area contributed by atoms with Gasteiger partial charge in [0.15, 0.2) is 0 Å². The van der Waals surface area contributed by atoms with Crippen molar-refractivity contribution in [2.75, 3.05) is 63.2 Å². The van der Waals surface area contributed by atoms with Crippen molar-refractivity contribution in [2.45, 2.75) is 13.8 Å². The van der Waals surface area contributed by atoms with E-state index in [1.165, 1.54) is 9.80 Å². The second-order valence-electron chi connectivity index (χ2n) is 9.51. The molecule has 2 fully saturated rings. The number of rotatable bonds is 7. The van der Waals surface area contributed by atoms with Crippen LogP contribution in [0.4, 0.5) is 11.4 Å². The molecule has 2 aliphatic rings. The molecule has 10 heteroatoms. The highest BCUT2D eigenvalue weighted by Crippen LogP contribution is 2.27. The summed E-state index contributed by atoms with van der Waals surface area (Å²) in [6, 6.07) is 18.9. The Labute approximate surface area is 234 Å². The van der Waals surface area contributed by atoms with Gasteiger partial charge in [0.2, 0.25) is 0 Å². The van der Waals surface area contributed by atoms with Gasteiger partial charge in [0, 0.05) is 37.6 Å². The molecule has 4 rings (SSSR count). The molecule has 206 valence electrons. The van der Waals surface area contributed by atoms with E-state index in [0.717, 1.165) is 11.1 Å². The second-order valence-corrected chi connectivity index (χ2v) is 9.51. The van der Waals surface area contributed by atoms with Crippen molar-refractivity contribution in [2.24, 2.45) is 0 Å². The van der Waals surface area contributed by atoms with Crippen LogP contribution in [0.5, 0.6) is 0 Å². The van der Waals surface area contributed by atoms with Crippen LogP contribution in [0, 0.1) is 36.5 Å². The van der Waals surface area contributed by atoms with Gasteiger partial charge in [-0.2, -0.15) is 10.5 Å². The smallest absolute Gasteiger partial charge is 0.266 e. The van der Waals surface area contributed by atoms with Crippen LogP contribution in [0.25, 0.3) is 0 Å².